The van der Waals surface area contributed by atoms with Gasteiger partial charge in [-0.25, -0.2) is 9.78 Å². The Morgan fingerprint density at radius 2 is 1.72 bits per heavy atom. The number of aromatic nitrogens is 1. The number of benzene rings is 1. The van der Waals surface area contributed by atoms with Gasteiger partial charge in [-0.2, -0.15) is 0 Å². The molecule has 2 aliphatic heterocycles. The van der Waals surface area contributed by atoms with E-state index in [-0.39, 0.29) is 6.03 Å². The molecule has 4 rings (SSSR count). The van der Waals surface area contributed by atoms with Crippen LogP contribution < -0.4 is 10.2 Å². The summed E-state index contributed by atoms with van der Waals surface area (Å²) < 4.78 is 0. The first-order chi connectivity index (χ1) is 14.2. The first-order valence-electron chi connectivity index (χ1n) is 10.4. The predicted octanol–water partition coefficient (Wildman–Crippen LogP) is 4.08. The number of hydrogen-bond acceptors (Lipinski definition) is 4. The van der Waals surface area contributed by atoms with E-state index < -0.39 is 0 Å². The number of halogens is 1. The van der Waals surface area contributed by atoms with E-state index >= 15 is 0 Å². The lowest BCUT2D eigenvalue weighted by Crippen LogP contribution is -2.38. The molecule has 0 spiro atoms. The van der Waals surface area contributed by atoms with Gasteiger partial charge in [0.05, 0.1) is 11.9 Å². The van der Waals surface area contributed by atoms with Gasteiger partial charge in [0, 0.05) is 50.8 Å². The first kappa shape index (κ1) is 20.0. The van der Waals surface area contributed by atoms with E-state index in [0.717, 1.165) is 68.8 Å². The number of anilines is 2. The van der Waals surface area contributed by atoms with Gasteiger partial charge in [-0.05, 0) is 49.1 Å². The highest BCUT2D eigenvalue weighted by Crippen LogP contribution is 2.19. The molecule has 0 atom stereocenters. The summed E-state index contributed by atoms with van der Waals surface area (Å²) in [4.78, 5) is 23.8. The quantitative estimate of drug-likeness (QED) is 0.820. The lowest BCUT2D eigenvalue weighted by molar-refractivity contribution is 0.211. The fraction of sp³-hybridized carbons (Fsp3) is 0.455. The second-order valence-electron chi connectivity index (χ2n) is 7.77. The van der Waals surface area contributed by atoms with Crippen molar-refractivity contribution in [3.63, 3.8) is 0 Å². The van der Waals surface area contributed by atoms with Crippen LogP contribution in [0.5, 0.6) is 0 Å². The fourth-order valence-corrected chi connectivity index (χ4v) is 4.10. The van der Waals surface area contributed by atoms with E-state index in [0.29, 0.717) is 0 Å². The SMILES string of the molecule is O=C(Nc1ccc(N2CCCC2)nc1)N1CCCN(Cc2ccc(Cl)cc2)CC1. The van der Waals surface area contributed by atoms with E-state index in [2.05, 4.69) is 32.2 Å². The Balaban J connectivity index is 1.28. The van der Waals surface area contributed by atoms with E-state index in [1.807, 2.05) is 29.2 Å². The largest absolute Gasteiger partial charge is 0.357 e. The maximum absolute atomic E-state index is 12.7. The summed E-state index contributed by atoms with van der Waals surface area (Å²) in [6.07, 6.45) is 5.18. The topological polar surface area (TPSA) is 51.7 Å². The van der Waals surface area contributed by atoms with Crippen molar-refractivity contribution >= 4 is 29.1 Å². The van der Waals surface area contributed by atoms with Gasteiger partial charge in [-0.1, -0.05) is 23.7 Å². The van der Waals surface area contributed by atoms with Gasteiger partial charge in [0.1, 0.15) is 5.82 Å². The molecule has 1 aromatic carbocycles. The normalized spacial score (nSPS) is 18.0. The van der Waals surface area contributed by atoms with Crippen LogP contribution in [0.15, 0.2) is 42.6 Å². The smallest absolute Gasteiger partial charge is 0.321 e. The van der Waals surface area contributed by atoms with Crippen LogP contribution in [0.3, 0.4) is 0 Å². The van der Waals surface area contributed by atoms with Crippen LogP contribution in [0.2, 0.25) is 5.02 Å². The molecule has 0 bridgehead atoms. The molecular weight excluding hydrogens is 386 g/mol. The van der Waals surface area contributed by atoms with Gasteiger partial charge < -0.3 is 15.1 Å². The molecule has 1 aromatic heterocycles. The summed E-state index contributed by atoms with van der Waals surface area (Å²) >= 11 is 5.97. The number of nitrogens with zero attached hydrogens (tertiary/aromatic N) is 4. The van der Waals surface area contributed by atoms with Gasteiger partial charge in [0.2, 0.25) is 0 Å². The molecule has 29 heavy (non-hydrogen) atoms. The molecule has 0 radical (unpaired) electrons. The Labute approximate surface area is 177 Å². The molecule has 2 aromatic rings. The molecular formula is C22H28ClN5O. The molecule has 0 aliphatic carbocycles. The van der Waals surface area contributed by atoms with E-state index in [9.17, 15) is 4.79 Å². The van der Waals surface area contributed by atoms with Gasteiger partial charge in [-0.15, -0.1) is 0 Å². The number of carbonyl (C=O) groups is 1. The van der Waals surface area contributed by atoms with Crippen molar-refractivity contribution in [1.29, 1.82) is 0 Å². The zero-order valence-electron chi connectivity index (χ0n) is 16.7. The predicted molar refractivity (Wildman–Crippen MR) is 118 cm³/mol. The Morgan fingerprint density at radius 1 is 0.931 bits per heavy atom. The van der Waals surface area contributed by atoms with Gasteiger partial charge >= 0.3 is 6.03 Å². The molecule has 1 N–H and O–H groups in total. The molecule has 0 unspecified atom stereocenters. The zero-order chi connectivity index (χ0) is 20.1. The third-order valence-electron chi connectivity index (χ3n) is 5.62. The number of rotatable bonds is 4. The second kappa shape index (κ2) is 9.46. The lowest BCUT2D eigenvalue weighted by atomic mass is 10.2. The van der Waals surface area contributed by atoms with Crippen LogP contribution in [0.1, 0.15) is 24.8 Å². The number of urea groups is 1. The summed E-state index contributed by atoms with van der Waals surface area (Å²) in [5.41, 5.74) is 2.00. The van der Waals surface area contributed by atoms with Crippen LogP contribution in [0, 0.1) is 0 Å². The van der Waals surface area contributed by atoms with Crippen molar-refractivity contribution < 1.29 is 4.79 Å². The third-order valence-corrected chi connectivity index (χ3v) is 5.88. The minimum atomic E-state index is -0.0472. The monoisotopic (exact) mass is 413 g/mol. The number of hydrogen-bond donors (Lipinski definition) is 1. The van der Waals surface area contributed by atoms with Gasteiger partial charge in [0.25, 0.3) is 0 Å². The highest BCUT2D eigenvalue weighted by atomic mass is 35.5. The summed E-state index contributed by atoms with van der Waals surface area (Å²) in [6, 6.07) is 11.9. The highest BCUT2D eigenvalue weighted by molar-refractivity contribution is 6.30. The van der Waals surface area contributed by atoms with Crippen molar-refractivity contribution in [1.82, 2.24) is 14.8 Å². The van der Waals surface area contributed by atoms with Crippen molar-refractivity contribution in [2.75, 3.05) is 49.5 Å². The summed E-state index contributed by atoms with van der Waals surface area (Å²) in [5, 5.41) is 3.76. The van der Waals surface area contributed by atoms with Crippen molar-refractivity contribution in [2.45, 2.75) is 25.8 Å². The van der Waals surface area contributed by atoms with Crippen LogP contribution in [0.25, 0.3) is 0 Å². The molecule has 2 saturated heterocycles. The van der Waals surface area contributed by atoms with Crippen LogP contribution >= 0.6 is 11.6 Å². The zero-order valence-corrected chi connectivity index (χ0v) is 17.4. The first-order valence-corrected chi connectivity index (χ1v) is 10.8. The van der Waals surface area contributed by atoms with Crippen LogP contribution in [0.4, 0.5) is 16.3 Å². The molecule has 7 heteroatoms. The third kappa shape index (κ3) is 5.40. The van der Waals surface area contributed by atoms with Crippen LogP contribution in [-0.2, 0) is 6.54 Å². The molecule has 0 saturated carbocycles. The summed E-state index contributed by atoms with van der Waals surface area (Å²) in [5.74, 6) is 0.994. The lowest BCUT2D eigenvalue weighted by Gasteiger charge is -2.22. The standard InChI is InChI=1S/C22H28ClN5O/c23-19-6-4-18(5-7-19)17-26-10-3-13-28(15-14-26)22(29)25-20-8-9-21(24-16-20)27-11-1-2-12-27/h4-9,16H,1-3,10-15,17H2,(H,25,29). The Hall–Kier alpha value is -2.31. The highest BCUT2D eigenvalue weighted by Gasteiger charge is 2.20. The number of amides is 2. The Bertz CT molecular complexity index is 805. The molecule has 6 nitrogen and oxygen atoms in total. The molecule has 3 heterocycles. The molecule has 154 valence electrons. The van der Waals surface area contributed by atoms with Crippen molar-refractivity contribution in [3.8, 4) is 0 Å². The Morgan fingerprint density at radius 3 is 2.45 bits per heavy atom. The average Bonchev–Trinajstić information content (AvgIpc) is 3.17. The van der Waals surface area contributed by atoms with Gasteiger partial charge in [-0.3, -0.25) is 4.90 Å². The fourth-order valence-electron chi connectivity index (χ4n) is 3.98. The number of nitrogens with one attached hydrogen (secondary N) is 1. The van der Waals surface area contributed by atoms with Crippen LogP contribution in [-0.4, -0.2) is 60.1 Å². The van der Waals surface area contributed by atoms with Crippen molar-refractivity contribution in [3.05, 3.63) is 53.2 Å². The number of pyridine rings is 1. The maximum atomic E-state index is 12.7. The van der Waals surface area contributed by atoms with Crippen molar-refractivity contribution in [2.24, 2.45) is 0 Å². The molecule has 2 aliphatic rings. The Kier molecular flexibility index (Phi) is 6.52. The average molecular weight is 414 g/mol. The summed E-state index contributed by atoms with van der Waals surface area (Å²) in [6.45, 7) is 6.36. The number of carbonyl (C=O) groups excluding carboxylic acids is 1. The summed E-state index contributed by atoms with van der Waals surface area (Å²) in [7, 11) is 0. The second-order valence-corrected chi connectivity index (χ2v) is 8.21. The van der Waals surface area contributed by atoms with E-state index in [4.69, 9.17) is 11.6 Å². The molecule has 2 amide bonds. The minimum absolute atomic E-state index is 0.0472. The molecule has 2 fully saturated rings. The van der Waals surface area contributed by atoms with Gasteiger partial charge in [0.15, 0.2) is 0 Å². The van der Waals surface area contributed by atoms with E-state index in [1.54, 1.807) is 6.20 Å². The van der Waals surface area contributed by atoms with E-state index in [1.165, 1.54) is 18.4 Å². The maximum Gasteiger partial charge on any atom is 0.321 e. The minimum Gasteiger partial charge on any atom is -0.357 e.